The van der Waals surface area contributed by atoms with Crippen LogP contribution in [-0.2, 0) is 21.4 Å². The summed E-state index contributed by atoms with van der Waals surface area (Å²) in [6, 6.07) is -0.876. The summed E-state index contributed by atoms with van der Waals surface area (Å²) in [7, 11) is 0. The summed E-state index contributed by atoms with van der Waals surface area (Å²) in [6.07, 6.45) is 15.3. The second-order valence-corrected chi connectivity index (χ2v) is 16.7. The molecule has 0 spiro atoms. The SMILES string of the molecule is C[C@H](NC(=O)[C@]12CCC(C)(C)C[C@H]1C1=CC[C@@H]3[C@@]4(C)Cc5nccnc5C(C)(C)[C@@H]4CC[C@@]3(C)[C@]1(C)CC2)C(=O)O. The molecule has 224 valence electrons. The summed E-state index contributed by atoms with van der Waals surface area (Å²) >= 11 is 0. The average molecular weight is 562 g/mol. The summed E-state index contributed by atoms with van der Waals surface area (Å²) < 4.78 is 0. The highest BCUT2D eigenvalue weighted by Crippen LogP contribution is 2.75. The molecular formula is C35H51N3O3. The van der Waals surface area contributed by atoms with Gasteiger partial charge in [-0.05, 0) is 104 Å². The number of hydrogen-bond donors (Lipinski definition) is 2. The van der Waals surface area contributed by atoms with Gasteiger partial charge in [-0.2, -0.15) is 0 Å². The fraction of sp³-hybridized carbons (Fsp3) is 0.771. The number of nitrogens with zero attached hydrogens (tertiary/aromatic N) is 2. The first-order chi connectivity index (χ1) is 19.0. The van der Waals surface area contributed by atoms with Crippen molar-refractivity contribution in [1.29, 1.82) is 0 Å². The second kappa shape index (κ2) is 8.89. The molecule has 5 aliphatic rings. The van der Waals surface area contributed by atoms with Gasteiger partial charge in [0.1, 0.15) is 6.04 Å². The van der Waals surface area contributed by atoms with Crippen molar-refractivity contribution in [2.75, 3.05) is 0 Å². The summed E-state index contributed by atoms with van der Waals surface area (Å²) in [5.74, 6) is 0.228. The highest BCUT2D eigenvalue weighted by molar-refractivity contribution is 5.88. The van der Waals surface area contributed by atoms with Gasteiger partial charge in [-0.25, -0.2) is 0 Å². The standard InChI is InChI=1S/C35H51N3O3/c1-21(28(39)40)38-29(41)35-15-13-30(2,3)19-23(35)22-9-10-26-32(6)20-24-27(37-18-17-36-24)31(4,5)25(32)11-12-34(26,8)33(22,7)14-16-35/h9,17-18,21,23,25-26H,10-16,19-20H2,1-8H3,(H,38,41)(H,39,40)/t21-,23-,25-,26+,32-,33+,34+,35-/m0/s1. The van der Waals surface area contributed by atoms with E-state index in [9.17, 15) is 14.7 Å². The lowest BCUT2D eigenvalue weighted by molar-refractivity contribution is -0.168. The first-order valence-electron chi connectivity index (χ1n) is 16.1. The first kappa shape index (κ1) is 28.9. The van der Waals surface area contributed by atoms with Crippen LogP contribution >= 0.6 is 0 Å². The summed E-state index contributed by atoms with van der Waals surface area (Å²) in [5.41, 5.74) is 3.76. The number of amides is 1. The van der Waals surface area contributed by atoms with Crippen LogP contribution in [0.15, 0.2) is 24.0 Å². The van der Waals surface area contributed by atoms with Crippen molar-refractivity contribution in [1.82, 2.24) is 15.3 Å². The van der Waals surface area contributed by atoms with E-state index in [0.717, 1.165) is 44.9 Å². The predicted molar refractivity (Wildman–Crippen MR) is 160 cm³/mol. The molecule has 0 radical (unpaired) electrons. The molecule has 0 unspecified atom stereocenters. The molecule has 0 aromatic carbocycles. The molecule has 1 aromatic heterocycles. The second-order valence-electron chi connectivity index (χ2n) is 16.7. The predicted octanol–water partition coefficient (Wildman–Crippen LogP) is 6.88. The number of carbonyl (C=O) groups is 2. The van der Waals surface area contributed by atoms with E-state index in [1.165, 1.54) is 29.8 Å². The van der Waals surface area contributed by atoms with Crippen LogP contribution in [0.2, 0.25) is 0 Å². The van der Waals surface area contributed by atoms with Crippen LogP contribution in [0.1, 0.15) is 118 Å². The molecule has 0 bridgehead atoms. The van der Waals surface area contributed by atoms with Crippen LogP contribution < -0.4 is 5.32 Å². The molecule has 5 aliphatic carbocycles. The monoisotopic (exact) mass is 561 g/mol. The number of hydrogen-bond acceptors (Lipinski definition) is 4. The maximum Gasteiger partial charge on any atom is 0.325 e. The van der Waals surface area contributed by atoms with Crippen molar-refractivity contribution in [3.8, 4) is 0 Å². The van der Waals surface area contributed by atoms with E-state index in [-0.39, 0.29) is 38.9 Å². The lowest BCUT2D eigenvalue weighted by Gasteiger charge is -2.70. The third kappa shape index (κ3) is 3.80. The zero-order valence-electron chi connectivity index (χ0n) is 26.6. The van der Waals surface area contributed by atoms with E-state index in [1.54, 1.807) is 6.92 Å². The molecule has 41 heavy (non-hydrogen) atoms. The molecule has 1 amide bonds. The molecular weight excluding hydrogens is 510 g/mol. The molecule has 3 fully saturated rings. The maximum absolute atomic E-state index is 14.0. The summed E-state index contributed by atoms with van der Waals surface area (Å²) in [4.78, 5) is 35.5. The van der Waals surface area contributed by atoms with E-state index in [4.69, 9.17) is 9.97 Å². The highest BCUT2D eigenvalue weighted by atomic mass is 16.4. The largest absolute Gasteiger partial charge is 0.480 e. The zero-order valence-corrected chi connectivity index (χ0v) is 26.6. The Balaban J connectivity index is 1.43. The van der Waals surface area contributed by atoms with Gasteiger partial charge in [0, 0.05) is 17.8 Å². The van der Waals surface area contributed by atoms with Crippen LogP contribution in [0.5, 0.6) is 0 Å². The van der Waals surface area contributed by atoms with Gasteiger partial charge in [0.05, 0.1) is 16.8 Å². The minimum Gasteiger partial charge on any atom is -0.480 e. The molecule has 6 rings (SSSR count). The van der Waals surface area contributed by atoms with Gasteiger partial charge in [0.25, 0.3) is 0 Å². The maximum atomic E-state index is 14.0. The fourth-order valence-corrected chi connectivity index (χ4v) is 11.4. The lowest BCUT2D eigenvalue weighted by atomic mass is 9.33. The molecule has 8 atom stereocenters. The minimum absolute atomic E-state index is 0.0109. The Kier molecular flexibility index (Phi) is 6.26. The molecule has 1 heterocycles. The van der Waals surface area contributed by atoms with Gasteiger partial charge in [-0.15, -0.1) is 0 Å². The Bertz CT molecular complexity index is 1320. The van der Waals surface area contributed by atoms with Crippen LogP contribution in [0.3, 0.4) is 0 Å². The van der Waals surface area contributed by atoms with Gasteiger partial charge in [-0.1, -0.05) is 60.1 Å². The van der Waals surface area contributed by atoms with E-state index >= 15 is 0 Å². The zero-order chi connectivity index (χ0) is 29.8. The third-order valence-electron chi connectivity index (χ3n) is 13.9. The Labute approximate surface area is 246 Å². The highest BCUT2D eigenvalue weighted by Gasteiger charge is 2.69. The molecule has 2 N–H and O–H groups in total. The van der Waals surface area contributed by atoms with Crippen LogP contribution in [-0.4, -0.2) is 33.0 Å². The van der Waals surface area contributed by atoms with Gasteiger partial charge in [0.2, 0.25) is 5.91 Å². The number of rotatable bonds is 3. The Morgan fingerprint density at radius 1 is 0.951 bits per heavy atom. The quantitative estimate of drug-likeness (QED) is 0.393. The summed E-state index contributed by atoms with van der Waals surface area (Å²) in [6.45, 7) is 18.7. The van der Waals surface area contributed by atoms with Gasteiger partial charge < -0.3 is 10.4 Å². The number of aliphatic carboxylic acids is 1. The molecule has 0 aliphatic heterocycles. The van der Waals surface area contributed by atoms with Crippen LogP contribution in [0.25, 0.3) is 0 Å². The van der Waals surface area contributed by atoms with Gasteiger partial charge in [-0.3, -0.25) is 19.6 Å². The Hall–Kier alpha value is -2.24. The van der Waals surface area contributed by atoms with Crippen molar-refractivity contribution in [2.24, 2.45) is 44.8 Å². The number of carboxylic acids is 1. The van der Waals surface area contributed by atoms with Crippen molar-refractivity contribution >= 4 is 11.9 Å². The van der Waals surface area contributed by atoms with E-state index < -0.39 is 17.4 Å². The van der Waals surface area contributed by atoms with Crippen molar-refractivity contribution < 1.29 is 14.7 Å². The topological polar surface area (TPSA) is 92.2 Å². The normalized spacial score (nSPS) is 42.6. The van der Waals surface area contributed by atoms with Crippen LogP contribution in [0.4, 0.5) is 0 Å². The Morgan fingerprint density at radius 3 is 2.34 bits per heavy atom. The molecule has 6 heteroatoms. The smallest absolute Gasteiger partial charge is 0.325 e. The van der Waals surface area contributed by atoms with Crippen LogP contribution in [0, 0.1) is 44.8 Å². The fourth-order valence-electron chi connectivity index (χ4n) is 11.4. The molecule has 3 saturated carbocycles. The van der Waals surface area contributed by atoms with Crippen molar-refractivity contribution in [3.63, 3.8) is 0 Å². The molecule has 6 nitrogen and oxygen atoms in total. The van der Waals surface area contributed by atoms with E-state index in [0.29, 0.717) is 11.8 Å². The minimum atomic E-state index is -0.970. The van der Waals surface area contributed by atoms with Gasteiger partial charge >= 0.3 is 5.97 Å². The first-order valence-corrected chi connectivity index (χ1v) is 16.1. The number of nitrogens with one attached hydrogen (secondary N) is 1. The van der Waals surface area contributed by atoms with Gasteiger partial charge in [0.15, 0.2) is 0 Å². The number of carbonyl (C=O) groups excluding carboxylic acids is 1. The number of carboxylic acid groups (broad SMARTS) is 1. The number of allylic oxidation sites excluding steroid dienone is 2. The lowest BCUT2D eigenvalue weighted by Crippen LogP contribution is -2.65. The Morgan fingerprint density at radius 2 is 1.63 bits per heavy atom. The molecule has 0 saturated heterocycles. The van der Waals surface area contributed by atoms with E-state index in [2.05, 4.69) is 59.9 Å². The molecule has 1 aromatic rings. The number of aromatic nitrogens is 2. The van der Waals surface area contributed by atoms with E-state index in [1.807, 2.05) is 12.4 Å². The van der Waals surface area contributed by atoms with Crippen molar-refractivity contribution in [3.05, 3.63) is 35.4 Å². The average Bonchev–Trinajstić information content (AvgIpc) is 2.88. The third-order valence-corrected chi connectivity index (χ3v) is 13.9. The van der Waals surface area contributed by atoms with Crippen molar-refractivity contribution in [2.45, 2.75) is 125 Å². The number of fused-ring (bicyclic) bond motifs is 8. The summed E-state index contributed by atoms with van der Waals surface area (Å²) in [5, 5.41) is 12.5.